The molecule has 7 nitrogen and oxygen atoms in total. The molecule has 3 aromatic rings. The van der Waals surface area contributed by atoms with E-state index in [-0.39, 0.29) is 17.7 Å². The Bertz CT molecular complexity index is 977. The molecule has 1 unspecified atom stereocenters. The zero-order valence-electron chi connectivity index (χ0n) is 16.5. The Labute approximate surface area is 179 Å². The van der Waals surface area contributed by atoms with E-state index in [2.05, 4.69) is 20.3 Å². The number of anilines is 1. The van der Waals surface area contributed by atoms with Crippen LogP contribution in [0.15, 0.2) is 53.7 Å². The molecular weight excluding hydrogens is 398 g/mol. The van der Waals surface area contributed by atoms with Crippen LogP contribution >= 0.6 is 11.3 Å². The van der Waals surface area contributed by atoms with Gasteiger partial charge < -0.3 is 10.2 Å². The Kier molecular flexibility index (Phi) is 6.44. The second kappa shape index (κ2) is 9.58. The summed E-state index contributed by atoms with van der Waals surface area (Å²) in [4.78, 5) is 39.7. The van der Waals surface area contributed by atoms with Gasteiger partial charge in [-0.1, -0.05) is 12.1 Å². The Hall–Kier alpha value is -3.13. The van der Waals surface area contributed by atoms with Crippen molar-refractivity contribution in [1.82, 2.24) is 19.9 Å². The zero-order chi connectivity index (χ0) is 20.8. The van der Waals surface area contributed by atoms with Crippen molar-refractivity contribution in [2.24, 2.45) is 5.92 Å². The molecule has 2 aromatic heterocycles. The molecule has 3 heterocycles. The number of hydrogen-bond donors (Lipinski definition) is 1. The van der Waals surface area contributed by atoms with Crippen LogP contribution in [-0.4, -0.2) is 44.8 Å². The average Bonchev–Trinajstić information content (AvgIpc) is 3.34. The third kappa shape index (κ3) is 5.07. The smallest absolute Gasteiger partial charge is 0.229 e. The summed E-state index contributed by atoms with van der Waals surface area (Å²) in [7, 11) is 0. The lowest BCUT2D eigenvalue weighted by Gasteiger charge is -2.32. The minimum Gasteiger partial charge on any atom is -0.342 e. The summed E-state index contributed by atoms with van der Waals surface area (Å²) in [5, 5.41) is 4.98. The van der Waals surface area contributed by atoms with Crippen molar-refractivity contribution in [3.05, 3.63) is 59.4 Å². The van der Waals surface area contributed by atoms with E-state index in [1.807, 2.05) is 29.6 Å². The molecule has 0 radical (unpaired) electrons. The molecule has 154 valence electrons. The van der Waals surface area contributed by atoms with Gasteiger partial charge in [-0.2, -0.15) is 0 Å². The summed E-state index contributed by atoms with van der Waals surface area (Å²) < 4.78 is 0. The van der Waals surface area contributed by atoms with Crippen molar-refractivity contribution in [2.45, 2.75) is 25.7 Å². The first-order chi connectivity index (χ1) is 14.7. The van der Waals surface area contributed by atoms with Gasteiger partial charge in [0.05, 0.1) is 22.8 Å². The lowest BCUT2D eigenvalue weighted by atomic mass is 9.96. The van der Waals surface area contributed by atoms with Crippen molar-refractivity contribution in [1.29, 1.82) is 0 Å². The van der Waals surface area contributed by atoms with Crippen LogP contribution in [0.1, 0.15) is 25.0 Å². The van der Waals surface area contributed by atoms with Gasteiger partial charge in [0.2, 0.25) is 11.8 Å². The lowest BCUT2D eigenvalue weighted by Crippen LogP contribution is -2.43. The molecule has 0 aliphatic carbocycles. The number of benzene rings is 1. The van der Waals surface area contributed by atoms with Crippen LogP contribution < -0.4 is 5.32 Å². The standard InChI is InChI=1S/C22H23N5O2S/c28-21(8-7-19-12-23-9-10-24-19)27-11-1-2-17(13-27)22(29)26-18-5-3-16(4-6-18)20-14-30-15-25-20/h3-6,9-10,12,14-15,17H,1-2,7-8,11,13H2,(H,26,29). The summed E-state index contributed by atoms with van der Waals surface area (Å²) in [5.41, 5.74) is 5.31. The molecule has 2 amide bonds. The molecule has 8 heteroatoms. The lowest BCUT2D eigenvalue weighted by molar-refractivity contribution is -0.134. The second-order valence-corrected chi connectivity index (χ2v) is 8.03. The van der Waals surface area contributed by atoms with Crippen molar-refractivity contribution in [3.63, 3.8) is 0 Å². The Morgan fingerprint density at radius 3 is 2.77 bits per heavy atom. The van der Waals surface area contributed by atoms with Crippen LogP contribution in [0, 0.1) is 5.92 Å². The quantitative estimate of drug-likeness (QED) is 0.659. The van der Waals surface area contributed by atoms with Crippen molar-refractivity contribution in [2.75, 3.05) is 18.4 Å². The summed E-state index contributed by atoms with van der Waals surface area (Å²) in [6, 6.07) is 7.68. The number of aryl methyl sites for hydroxylation is 1. The minimum absolute atomic E-state index is 0.0390. The van der Waals surface area contributed by atoms with E-state index in [1.165, 1.54) is 0 Å². The predicted octanol–water partition coefficient (Wildman–Crippen LogP) is 3.41. The largest absolute Gasteiger partial charge is 0.342 e. The average molecular weight is 422 g/mol. The van der Waals surface area contributed by atoms with Gasteiger partial charge in [-0.25, -0.2) is 4.98 Å². The van der Waals surface area contributed by atoms with Crippen LogP contribution in [0.3, 0.4) is 0 Å². The van der Waals surface area contributed by atoms with Gasteiger partial charge in [0.15, 0.2) is 0 Å². The fourth-order valence-corrected chi connectivity index (χ4v) is 4.15. The van der Waals surface area contributed by atoms with Gasteiger partial charge >= 0.3 is 0 Å². The summed E-state index contributed by atoms with van der Waals surface area (Å²) in [6.07, 6.45) is 7.49. The van der Waals surface area contributed by atoms with Crippen LogP contribution in [-0.2, 0) is 16.0 Å². The van der Waals surface area contributed by atoms with Gasteiger partial charge in [-0.15, -0.1) is 11.3 Å². The third-order valence-electron chi connectivity index (χ3n) is 5.24. The van der Waals surface area contributed by atoms with E-state index in [4.69, 9.17) is 0 Å². The molecule has 0 saturated carbocycles. The van der Waals surface area contributed by atoms with Crippen LogP contribution in [0.5, 0.6) is 0 Å². The first-order valence-electron chi connectivity index (χ1n) is 10.0. The van der Waals surface area contributed by atoms with Crippen molar-refractivity contribution in [3.8, 4) is 11.3 Å². The number of hydrogen-bond acceptors (Lipinski definition) is 6. The molecule has 4 rings (SSSR count). The van der Waals surface area contributed by atoms with E-state index < -0.39 is 0 Å². The molecular formula is C22H23N5O2S. The van der Waals surface area contributed by atoms with Gasteiger partial charge in [0, 0.05) is 54.7 Å². The molecule has 1 aliphatic rings. The summed E-state index contributed by atoms with van der Waals surface area (Å²) in [5.74, 6) is -0.175. The van der Waals surface area contributed by atoms with Crippen LogP contribution in [0.2, 0.25) is 0 Å². The predicted molar refractivity (Wildman–Crippen MR) is 116 cm³/mol. The third-order valence-corrected chi connectivity index (χ3v) is 5.82. The Balaban J connectivity index is 1.30. The highest BCUT2D eigenvalue weighted by Crippen LogP contribution is 2.23. The fourth-order valence-electron chi connectivity index (χ4n) is 3.59. The molecule has 1 atom stereocenters. The number of carbonyl (C=O) groups is 2. The number of rotatable bonds is 6. The maximum atomic E-state index is 12.8. The van der Waals surface area contributed by atoms with E-state index >= 15 is 0 Å². The zero-order valence-corrected chi connectivity index (χ0v) is 17.3. The fraction of sp³-hybridized carbons (Fsp3) is 0.318. The molecule has 1 N–H and O–H groups in total. The number of aromatic nitrogens is 3. The summed E-state index contributed by atoms with van der Waals surface area (Å²) >= 11 is 1.55. The highest BCUT2D eigenvalue weighted by atomic mass is 32.1. The highest BCUT2D eigenvalue weighted by molar-refractivity contribution is 7.07. The topological polar surface area (TPSA) is 88.1 Å². The maximum Gasteiger partial charge on any atom is 0.229 e. The number of likely N-dealkylation sites (tertiary alicyclic amines) is 1. The highest BCUT2D eigenvalue weighted by Gasteiger charge is 2.28. The molecule has 1 fully saturated rings. The van der Waals surface area contributed by atoms with Gasteiger partial charge in [-0.3, -0.25) is 19.6 Å². The van der Waals surface area contributed by atoms with Gasteiger partial charge in [0.1, 0.15) is 0 Å². The normalized spacial score (nSPS) is 16.3. The van der Waals surface area contributed by atoms with Crippen LogP contribution in [0.4, 0.5) is 5.69 Å². The first kappa shape index (κ1) is 20.2. The molecule has 1 aromatic carbocycles. The molecule has 0 spiro atoms. The number of thiazole rings is 1. The minimum atomic E-state index is -0.197. The number of nitrogens with one attached hydrogen (secondary N) is 1. The van der Waals surface area contributed by atoms with E-state index in [9.17, 15) is 9.59 Å². The Morgan fingerprint density at radius 1 is 1.17 bits per heavy atom. The number of carbonyl (C=O) groups excluding carboxylic acids is 2. The molecule has 1 saturated heterocycles. The van der Waals surface area contributed by atoms with Crippen LogP contribution in [0.25, 0.3) is 11.3 Å². The number of amides is 2. The molecule has 1 aliphatic heterocycles. The van der Waals surface area contributed by atoms with E-state index in [0.29, 0.717) is 25.9 Å². The van der Waals surface area contributed by atoms with E-state index in [1.54, 1.807) is 40.3 Å². The monoisotopic (exact) mass is 421 g/mol. The number of piperidine rings is 1. The molecule has 30 heavy (non-hydrogen) atoms. The van der Waals surface area contributed by atoms with Crippen molar-refractivity contribution >= 4 is 28.8 Å². The SMILES string of the molecule is O=C(Nc1ccc(-c2cscn2)cc1)C1CCCN(C(=O)CCc2cnccn2)C1. The number of nitrogens with zero attached hydrogens (tertiary/aromatic N) is 4. The summed E-state index contributed by atoms with van der Waals surface area (Å²) in [6.45, 7) is 1.16. The van der Waals surface area contributed by atoms with E-state index in [0.717, 1.165) is 35.5 Å². The maximum absolute atomic E-state index is 12.8. The second-order valence-electron chi connectivity index (χ2n) is 7.32. The van der Waals surface area contributed by atoms with Gasteiger partial charge in [0.25, 0.3) is 0 Å². The van der Waals surface area contributed by atoms with Crippen molar-refractivity contribution < 1.29 is 9.59 Å². The van der Waals surface area contributed by atoms with Gasteiger partial charge in [-0.05, 0) is 31.4 Å². The molecule has 0 bridgehead atoms. The first-order valence-corrected chi connectivity index (χ1v) is 11.0. The Morgan fingerprint density at radius 2 is 2.03 bits per heavy atom.